The molecule has 0 spiro atoms. The fourth-order valence-corrected chi connectivity index (χ4v) is 3.85. The summed E-state index contributed by atoms with van der Waals surface area (Å²) in [6.45, 7) is 5.62. The summed E-state index contributed by atoms with van der Waals surface area (Å²) in [4.78, 5) is 29.4. The third-order valence-electron chi connectivity index (χ3n) is 5.57. The van der Waals surface area contributed by atoms with Crippen molar-refractivity contribution in [2.45, 2.75) is 19.9 Å². The molecule has 6 heteroatoms. The molecule has 0 saturated carbocycles. The molecule has 29 heavy (non-hydrogen) atoms. The van der Waals surface area contributed by atoms with Crippen molar-refractivity contribution in [2.24, 2.45) is 0 Å². The number of aromatic hydroxyl groups is 1. The molecule has 0 bridgehead atoms. The predicted molar refractivity (Wildman–Crippen MR) is 111 cm³/mol. The Morgan fingerprint density at radius 3 is 2.52 bits per heavy atom. The van der Waals surface area contributed by atoms with Crippen LogP contribution in [0.15, 0.2) is 57.7 Å². The average molecular weight is 392 g/mol. The number of hydrogen-bond donors (Lipinski definition) is 1. The Labute approximate surface area is 169 Å². The van der Waals surface area contributed by atoms with Crippen molar-refractivity contribution in [1.29, 1.82) is 0 Å². The summed E-state index contributed by atoms with van der Waals surface area (Å²) in [6, 6.07) is 15.0. The lowest BCUT2D eigenvalue weighted by molar-refractivity contribution is -0.132. The van der Waals surface area contributed by atoms with Gasteiger partial charge in [-0.2, -0.15) is 0 Å². The van der Waals surface area contributed by atoms with Crippen LogP contribution < -0.4 is 5.63 Å². The highest BCUT2D eigenvalue weighted by atomic mass is 16.4. The Morgan fingerprint density at radius 1 is 1.07 bits per heavy atom. The van der Waals surface area contributed by atoms with Gasteiger partial charge in [-0.3, -0.25) is 9.69 Å². The number of fused-ring (bicyclic) bond motifs is 1. The van der Waals surface area contributed by atoms with Crippen molar-refractivity contribution in [2.75, 3.05) is 26.2 Å². The molecule has 1 aliphatic heterocycles. The number of phenols is 1. The number of amides is 1. The van der Waals surface area contributed by atoms with Crippen LogP contribution in [0, 0.1) is 6.92 Å². The first-order valence-electron chi connectivity index (χ1n) is 9.80. The summed E-state index contributed by atoms with van der Waals surface area (Å²) in [5, 5.41) is 10.3. The first-order valence-corrected chi connectivity index (χ1v) is 9.80. The fourth-order valence-electron chi connectivity index (χ4n) is 3.85. The van der Waals surface area contributed by atoms with Crippen LogP contribution in [0.25, 0.3) is 11.0 Å². The number of nitrogens with zero attached hydrogens (tertiary/aromatic N) is 2. The molecule has 3 aromatic rings. The topological polar surface area (TPSA) is 74.0 Å². The number of carbonyl (C=O) groups is 1. The molecule has 2 heterocycles. The molecule has 1 aromatic heterocycles. The molecule has 0 atom stereocenters. The average Bonchev–Trinajstić information content (AvgIpc) is 2.72. The number of rotatable bonds is 4. The Morgan fingerprint density at radius 2 is 1.79 bits per heavy atom. The summed E-state index contributed by atoms with van der Waals surface area (Å²) in [7, 11) is 0. The second-order valence-corrected chi connectivity index (χ2v) is 7.49. The molecule has 1 N–H and O–H groups in total. The fraction of sp³-hybridized carbons (Fsp3) is 0.304. The molecule has 4 rings (SSSR count). The lowest BCUT2D eigenvalue weighted by Gasteiger charge is -2.34. The highest BCUT2D eigenvalue weighted by molar-refractivity contribution is 5.85. The first kappa shape index (κ1) is 19.2. The second-order valence-electron chi connectivity index (χ2n) is 7.49. The van der Waals surface area contributed by atoms with E-state index in [0.717, 1.165) is 30.6 Å². The molecule has 150 valence electrons. The maximum Gasteiger partial charge on any atom is 0.340 e. The van der Waals surface area contributed by atoms with Gasteiger partial charge in [0, 0.05) is 44.2 Å². The van der Waals surface area contributed by atoms with Gasteiger partial charge in [0.1, 0.15) is 11.3 Å². The van der Waals surface area contributed by atoms with E-state index in [1.54, 1.807) is 12.1 Å². The SMILES string of the molecule is Cc1c(CC(=O)N2CCN(Cc3ccccc3)CC2)c(=O)oc2cc(O)ccc12. The van der Waals surface area contributed by atoms with Gasteiger partial charge in [-0.25, -0.2) is 4.79 Å². The van der Waals surface area contributed by atoms with Gasteiger partial charge in [0.25, 0.3) is 0 Å². The van der Waals surface area contributed by atoms with Crippen LogP contribution in [0.2, 0.25) is 0 Å². The van der Waals surface area contributed by atoms with E-state index in [-0.39, 0.29) is 18.1 Å². The number of benzene rings is 2. The highest BCUT2D eigenvalue weighted by Gasteiger charge is 2.23. The zero-order valence-corrected chi connectivity index (χ0v) is 16.4. The van der Waals surface area contributed by atoms with Gasteiger partial charge in [-0.15, -0.1) is 0 Å². The first-order chi connectivity index (χ1) is 14.0. The Kier molecular flexibility index (Phi) is 5.36. The van der Waals surface area contributed by atoms with Crippen molar-refractivity contribution in [3.63, 3.8) is 0 Å². The van der Waals surface area contributed by atoms with E-state index in [2.05, 4.69) is 17.0 Å². The van der Waals surface area contributed by atoms with Gasteiger partial charge in [-0.05, 0) is 30.2 Å². The number of hydrogen-bond acceptors (Lipinski definition) is 5. The molecular weight excluding hydrogens is 368 g/mol. The largest absolute Gasteiger partial charge is 0.508 e. The summed E-state index contributed by atoms with van der Waals surface area (Å²) in [5.41, 5.74) is 2.20. The lowest BCUT2D eigenvalue weighted by Crippen LogP contribution is -2.49. The maximum absolute atomic E-state index is 12.8. The van der Waals surface area contributed by atoms with Gasteiger partial charge in [-0.1, -0.05) is 30.3 Å². The van der Waals surface area contributed by atoms with Gasteiger partial charge < -0.3 is 14.4 Å². The van der Waals surface area contributed by atoms with E-state index in [1.807, 2.05) is 30.0 Å². The second kappa shape index (κ2) is 8.09. The van der Waals surface area contributed by atoms with Crippen molar-refractivity contribution in [3.8, 4) is 5.75 Å². The van der Waals surface area contributed by atoms with Crippen LogP contribution in [0.3, 0.4) is 0 Å². The molecule has 0 aliphatic carbocycles. The van der Waals surface area contributed by atoms with Crippen molar-refractivity contribution >= 4 is 16.9 Å². The van der Waals surface area contributed by atoms with E-state index in [0.29, 0.717) is 24.2 Å². The third-order valence-corrected chi connectivity index (χ3v) is 5.57. The minimum Gasteiger partial charge on any atom is -0.508 e. The standard InChI is InChI=1S/C23H24N2O4/c1-16-19-8-7-18(26)13-21(19)29-23(28)20(16)14-22(27)25-11-9-24(10-12-25)15-17-5-3-2-4-6-17/h2-8,13,26H,9-12,14-15H2,1H3. The quantitative estimate of drug-likeness (QED) is 0.691. The Bertz CT molecular complexity index is 1080. The number of carbonyl (C=O) groups excluding carboxylic acids is 1. The van der Waals surface area contributed by atoms with Gasteiger partial charge in [0.2, 0.25) is 5.91 Å². The summed E-state index contributed by atoms with van der Waals surface area (Å²) < 4.78 is 5.33. The smallest absolute Gasteiger partial charge is 0.340 e. The summed E-state index contributed by atoms with van der Waals surface area (Å²) in [5.74, 6) is -0.0184. The molecule has 1 aliphatic rings. The van der Waals surface area contributed by atoms with Crippen LogP contribution >= 0.6 is 0 Å². The van der Waals surface area contributed by atoms with Crippen LogP contribution in [0.1, 0.15) is 16.7 Å². The van der Waals surface area contributed by atoms with Crippen LogP contribution in [-0.2, 0) is 17.8 Å². The summed E-state index contributed by atoms with van der Waals surface area (Å²) in [6.07, 6.45) is 0.0314. The lowest BCUT2D eigenvalue weighted by atomic mass is 10.0. The minimum atomic E-state index is -0.517. The zero-order chi connectivity index (χ0) is 20.4. The number of phenolic OH excluding ortho intramolecular Hbond substituents is 1. The Hall–Kier alpha value is -3.12. The monoisotopic (exact) mass is 392 g/mol. The molecule has 1 amide bonds. The van der Waals surface area contributed by atoms with Crippen LogP contribution in [0.5, 0.6) is 5.75 Å². The van der Waals surface area contributed by atoms with Gasteiger partial charge >= 0.3 is 5.63 Å². The molecule has 2 aromatic carbocycles. The molecular formula is C23H24N2O4. The van der Waals surface area contributed by atoms with Crippen LogP contribution in [0.4, 0.5) is 0 Å². The van der Waals surface area contributed by atoms with Gasteiger partial charge in [0.15, 0.2) is 0 Å². The zero-order valence-electron chi connectivity index (χ0n) is 16.4. The molecule has 1 fully saturated rings. The molecule has 6 nitrogen and oxygen atoms in total. The van der Waals surface area contributed by atoms with E-state index >= 15 is 0 Å². The van der Waals surface area contributed by atoms with E-state index in [9.17, 15) is 14.7 Å². The summed E-state index contributed by atoms with van der Waals surface area (Å²) >= 11 is 0. The van der Waals surface area contributed by atoms with Crippen molar-refractivity contribution in [3.05, 3.63) is 75.6 Å². The molecule has 1 saturated heterocycles. The normalized spacial score (nSPS) is 15.0. The van der Waals surface area contributed by atoms with E-state index in [1.165, 1.54) is 11.6 Å². The number of piperazine rings is 1. The van der Waals surface area contributed by atoms with Gasteiger partial charge in [0.05, 0.1) is 12.0 Å². The minimum absolute atomic E-state index is 0.0314. The van der Waals surface area contributed by atoms with Crippen molar-refractivity contribution < 1.29 is 14.3 Å². The molecule has 0 radical (unpaired) electrons. The Balaban J connectivity index is 1.42. The van der Waals surface area contributed by atoms with Crippen molar-refractivity contribution in [1.82, 2.24) is 9.80 Å². The highest BCUT2D eigenvalue weighted by Crippen LogP contribution is 2.24. The van der Waals surface area contributed by atoms with E-state index < -0.39 is 5.63 Å². The maximum atomic E-state index is 12.8. The van der Waals surface area contributed by atoms with Crippen LogP contribution in [-0.4, -0.2) is 47.0 Å². The third kappa shape index (κ3) is 4.17. The van der Waals surface area contributed by atoms with E-state index in [4.69, 9.17) is 4.42 Å². The molecule has 0 unspecified atom stereocenters. The predicted octanol–water partition coefficient (Wildman–Crippen LogP) is 2.69. The number of aryl methyl sites for hydroxylation is 1.